The summed E-state index contributed by atoms with van der Waals surface area (Å²) in [6, 6.07) is 7.36. The van der Waals surface area contributed by atoms with E-state index in [0.717, 1.165) is 5.75 Å². The second-order valence-electron chi connectivity index (χ2n) is 1.63. The number of hydrogen-bond donors (Lipinski definition) is 0. The average molecular weight is 203 g/mol. The van der Waals surface area contributed by atoms with Crippen molar-refractivity contribution in [3.63, 3.8) is 0 Å². The normalized spacial score (nSPS) is 7.23. The van der Waals surface area contributed by atoms with Crippen LogP contribution >= 0.6 is 11.6 Å². The molecule has 0 aromatic heterocycles. The van der Waals surface area contributed by atoms with Gasteiger partial charge in [-0.1, -0.05) is 51.4 Å². The van der Waals surface area contributed by atoms with Crippen molar-refractivity contribution in [2.75, 3.05) is 7.11 Å². The van der Waals surface area contributed by atoms with Gasteiger partial charge in [0.25, 0.3) is 0 Å². The fraction of sp³-hybridized carbons (Fsp3) is 0.455. The minimum atomic E-state index is 0.653. The number of benzene rings is 1. The van der Waals surface area contributed by atoms with E-state index in [4.69, 9.17) is 16.3 Å². The van der Waals surface area contributed by atoms with Crippen LogP contribution in [0.3, 0.4) is 0 Å². The first-order valence-electron chi connectivity index (χ1n) is 4.63. The van der Waals surface area contributed by atoms with Crippen LogP contribution in [0, 0.1) is 0 Å². The van der Waals surface area contributed by atoms with E-state index in [9.17, 15) is 0 Å². The third-order valence-electron chi connectivity index (χ3n) is 1.06. The van der Waals surface area contributed by atoms with Crippen LogP contribution in [0.25, 0.3) is 0 Å². The molecule has 13 heavy (non-hydrogen) atoms. The second-order valence-corrected chi connectivity index (χ2v) is 2.04. The zero-order valence-electron chi connectivity index (χ0n) is 9.10. The lowest BCUT2D eigenvalue weighted by Crippen LogP contribution is -1.81. The molecule has 0 heterocycles. The molecule has 0 aliphatic carbocycles. The Morgan fingerprint density at radius 3 is 1.77 bits per heavy atom. The quantitative estimate of drug-likeness (QED) is 0.656. The lowest BCUT2D eigenvalue weighted by Gasteiger charge is -1.98. The predicted molar refractivity (Wildman–Crippen MR) is 60.7 cm³/mol. The Balaban J connectivity index is 0. The van der Waals surface area contributed by atoms with Crippen molar-refractivity contribution in [3.05, 3.63) is 29.3 Å². The fourth-order valence-electron chi connectivity index (χ4n) is 0.610. The maximum Gasteiger partial charge on any atom is 0.137 e. The first-order chi connectivity index (χ1) is 6.34. The Hall–Kier alpha value is -0.690. The Morgan fingerprint density at radius 2 is 1.46 bits per heavy atom. The first-order valence-corrected chi connectivity index (χ1v) is 5.01. The molecule has 0 aliphatic rings. The van der Waals surface area contributed by atoms with Gasteiger partial charge in [-0.2, -0.15) is 0 Å². The number of ether oxygens (including phenoxy) is 1. The molecule has 0 amide bonds. The number of para-hydroxylation sites is 1. The number of rotatable bonds is 1. The van der Waals surface area contributed by atoms with E-state index >= 15 is 0 Å². The van der Waals surface area contributed by atoms with Crippen LogP contribution in [-0.4, -0.2) is 7.11 Å². The van der Waals surface area contributed by atoms with Gasteiger partial charge < -0.3 is 4.74 Å². The average Bonchev–Trinajstić information content (AvgIpc) is 2.24. The minimum absolute atomic E-state index is 0.653. The summed E-state index contributed by atoms with van der Waals surface area (Å²) in [5.74, 6) is 0.721. The molecule has 0 saturated carbocycles. The molecule has 2 heteroatoms. The summed E-state index contributed by atoms with van der Waals surface area (Å²) in [7, 11) is 1.60. The van der Waals surface area contributed by atoms with E-state index in [1.165, 1.54) is 0 Å². The molecule has 0 unspecified atom stereocenters. The highest BCUT2D eigenvalue weighted by Crippen LogP contribution is 2.21. The van der Waals surface area contributed by atoms with Crippen LogP contribution < -0.4 is 4.74 Å². The maximum absolute atomic E-state index is 5.70. The largest absolute Gasteiger partial charge is 0.495 e. The van der Waals surface area contributed by atoms with Crippen LogP contribution in [0.5, 0.6) is 5.75 Å². The summed E-state index contributed by atoms with van der Waals surface area (Å²) >= 11 is 5.70. The van der Waals surface area contributed by atoms with Gasteiger partial charge >= 0.3 is 0 Å². The van der Waals surface area contributed by atoms with Gasteiger partial charge in [0.1, 0.15) is 5.75 Å². The fourth-order valence-corrected chi connectivity index (χ4v) is 0.823. The molecule has 1 aromatic rings. The minimum Gasteiger partial charge on any atom is -0.495 e. The lowest BCUT2D eigenvalue weighted by atomic mass is 10.3. The first kappa shape index (κ1) is 14.8. The lowest BCUT2D eigenvalue weighted by molar-refractivity contribution is 0.415. The Labute approximate surface area is 86.7 Å². The van der Waals surface area contributed by atoms with Crippen molar-refractivity contribution in [2.24, 2.45) is 0 Å². The van der Waals surface area contributed by atoms with Gasteiger partial charge in [-0.25, -0.2) is 0 Å². The van der Waals surface area contributed by atoms with Crippen molar-refractivity contribution < 1.29 is 4.74 Å². The van der Waals surface area contributed by atoms with Gasteiger partial charge in [0.05, 0.1) is 12.1 Å². The number of halogens is 1. The van der Waals surface area contributed by atoms with Gasteiger partial charge in [-0.05, 0) is 12.1 Å². The third-order valence-corrected chi connectivity index (χ3v) is 1.37. The third kappa shape index (κ3) is 6.47. The van der Waals surface area contributed by atoms with Crippen molar-refractivity contribution in [1.29, 1.82) is 0 Å². The highest BCUT2D eigenvalue weighted by molar-refractivity contribution is 6.32. The monoisotopic (exact) mass is 202 g/mol. The van der Waals surface area contributed by atoms with E-state index in [1.54, 1.807) is 13.2 Å². The zero-order valence-corrected chi connectivity index (χ0v) is 9.85. The number of hydrogen-bond acceptors (Lipinski definition) is 1. The molecule has 0 bridgehead atoms. The molecule has 1 rings (SSSR count). The van der Waals surface area contributed by atoms with Gasteiger partial charge in [-0.15, -0.1) is 0 Å². The second kappa shape index (κ2) is 11.3. The molecule has 0 aliphatic heterocycles. The molecular formula is C11H19ClO. The smallest absolute Gasteiger partial charge is 0.137 e. The van der Waals surface area contributed by atoms with Gasteiger partial charge in [0.2, 0.25) is 0 Å². The molecule has 0 N–H and O–H groups in total. The highest BCUT2D eigenvalue weighted by atomic mass is 35.5. The molecule has 1 aromatic carbocycles. The van der Waals surface area contributed by atoms with Gasteiger partial charge in [0, 0.05) is 0 Å². The van der Waals surface area contributed by atoms with E-state index in [-0.39, 0.29) is 0 Å². The highest BCUT2D eigenvalue weighted by Gasteiger charge is 1.93. The van der Waals surface area contributed by atoms with Crippen LogP contribution in [0.15, 0.2) is 24.3 Å². The standard InChI is InChI=1S/C7H7ClO.2C2H6/c1-9-7-5-3-2-4-6(7)8;2*1-2/h2-5H,1H3;2*1-2H3. The SMILES string of the molecule is CC.CC.COc1ccccc1Cl. The molecule has 76 valence electrons. The summed E-state index contributed by atoms with van der Waals surface area (Å²) in [4.78, 5) is 0. The summed E-state index contributed by atoms with van der Waals surface area (Å²) in [5, 5.41) is 0.653. The van der Waals surface area contributed by atoms with Crippen LogP contribution in [0.2, 0.25) is 5.02 Å². The summed E-state index contributed by atoms with van der Waals surface area (Å²) < 4.78 is 4.91. The van der Waals surface area contributed by atoms with Crippen molar-refractivity contribution in [3.8, 4) is 5.75 Å². The molecule has 0 atom stereocenters. The summed E-state index contributed by atoms with van der Waals surface area (Å²) in [6.07, 6.45) is 0. The van der Waals surface area contributed by atoms with E-state index in [2.05, 4.69) is 0 Å². The Morgan fingerprint density at radius 1 is 1.00 bits per heavy atom. The summed E-state index contributed by atoms with van der Waals surface area (Å²) in [6.45, 7) is 8.00. The molecule has 0 fully saturated rings. The zero-order chi connectivity index (χ0) is 10.7. The van der Waals surface area contributed by atoms with Crippen LogP contribution in [-0.2, 0) is 0 Å². The van der Waals surface area contributed by atoms with Crippen molar-refractivity contribution in [1.82, 2.24) is 0 Å². The van der Waals surface area contributed by atoms with Crippen LogP contribution in [0.1, 0.15) is 27.7 Å². The molecular weight excluding hydrogens is 184 g/mol. The maximum atomic E-state index is 5.70. The van der Waals surface area contributed by atoms with E-state index in [1.807, 2.05) is 45.9 Å². The molecule has 0 radical (unpaired) electrons. The Kier molecular flexibility index (Phi) is 12.9. The van der Waals surface area contributed by atoms with Gasteiger partial charge in [-0.3, -0.25) is 0 Å². The van der Waals surface area contributed by atoms with Gasteiger partial charge in [0.15, 0.2) is 0 Å². The van der Waals surface area contributed by atoms with Crippen molar-refractivity contribution in [2.45, 2.75) is 27.7 Å². The molecule has 1 nitrogen and oxygen atoms in total. The molecule has 0 saturated heterocycles. The van der Waals surface area contributed by atoms with Crippen LogP contribution in [0.4, 0.5) is 0 Å². The van der Waals surface area contributed by atoms with E-state index < -0.39 is 0 Å². The predicted octanol–water partition coefficient (Wildman–Crippen LogP) is 4.40. The molecule has 0 spiro atoms. The van der Waals surface area contributed by atoms with E-state index in [0.29, 0.717) is 5.02 Å². The Bertz CT molecular complexity index is 199. The number of methoxy groups -OCH3 is 1. The topological polar surface area (TPSA) is 9.23 Å². The summed E-state index contributed by atoms with van der Waals surface area (Å²) in [5.41, 5.74) is 0. The van der Waals surface area contributed by atoms with Crippen molar-refractivity contribution >= 4 is 11.6 Å².